The van der Waals surface area contributed by atoms with Gasteiger partial charge < -0.3 is 10.6 Å². The van der Waals surface area contributed by atoms with E-state index in [-0.39, 0.29) is 0 Å². The summed E-state index contributed by atoms with van der Waals surface area (Å²) in [6.45, 7) is 4.55. The van der Waals surface area contributed by atoms with Crippen molar-refractivity contribution in [1.29, 1.82) is 0 Å². The summed E-state index contributed by atoms with van der Waals surface area (Å²) in [5, 5.41) is 15.1. The summed E-state index contributed by atoms with van der Waals surface area (Å²) in [6, 6.07) is 16.4. The number of fused-ring (bicyclic) bond motifs is 1. The molecule has 2 N–H and O–H groups in total. The van der Waals surface area contributed by atoms with E-state index in [2.05, 4.69) is 57.0 Å². The molecule has 0 unspecified atom stereocenters. The minimum absolute atomic E-state index is 0.752. The Morgan fingerprint density at radius 3 is 2.69 bits per heavy atom. The Balaban J connectivity index is 1.46. The summed E-state index contributed by atoms with van der Waals surface area (Å²) < 4.78 is 2.03. The van der Waals surface area contributed by atoms with Gasteiger partial charge >= 0.3 is 0 Å². The SMILES string of the molecule is CCNC(=NCCCc1nnc2ccccn12)NCCc1ccccc1. The summed E-state index contributed by atoms with van der Waals surface area (Å²) in [6.07, 6.45) is 4.78. The molecule has 26 heavy (non-hydrogen) atoms. The van der Waals surface area contributed by atoms with Crippen LogP contribution in [0.15, 0.2) is 59.7 Å². The first kappa shape index (κ1) is 17.9. The number of nitrogens with one attached hydrogen (secondary N) is 2. The second-order valence-electron chi connectivity index (χ2n) is 6.07. The van der Waals surface area contributed by atoms with E-state index in [0.717, 1.165) is 56.3 Å². The maximum absolute atomic E-state index is 4.66. The molecule has 0 amide bonds. The van der Waals surface area contributed by atoms with Crippen molar-refractivity contribution in [3.8, 4) is 0 Å². The molecule has 3 aromatic rings. The van der Waals surface area contributed by atoms with Crippen molar-refractivity contribution in [2.45, 2.75) is 26.2 Å². The lowest BCUT2D eigenvalue weighted by Crippen LogP contribution is -2.38. The monoisotopic (exact) mass is 350 g/mol. The fourth-order valence-electron chi connectivity index (χ4n) is 2.80. The molecule has 136 valence electrons. The van der Waals surface area contributed by atoms with Gasteiger partial charge in [-0.2, -0.15) is 0 Å². The Labute approximate surface area is 154 Å². The largest absolute Gasteiger partial charge is 0.357 e. The third-order valence-electron chi connectivity index (χ3n) is 4.11. The molecular formula is C20H26N6. The van der Waals surface area contributed by atoms with Crippen molar-refractivity contribution in [2.75, 3.05) is 19.6 Å². The third-order valence-corrected chi connectivity index (χ3v) is 4.11. The van der Waals surface area contributed by atoms with E-state index >= 15 is 0 Å². The summed E-state index contributed by atoms with van der Waals surface area (Å²) in [5.74, 6) is 1.85. The number of hydrogen-bond donors (Lipinski definition) is 2. The minimum atomic E-state index is 0.752. The zero-order valence-corrected chi connectivity index (χ0v) is 15.2. The number of rotatable bonds is 8. The number of hydrogen-bond acceptors (Lipinski definition) is 3. The Hall–Kier alpha value is -2.89. The van der Waals surface area contributed by atoms with E-state index in [1.54, 1.807) is 0 Å². The molecule has 0 fully saturated rings. The van der Waals surface area contributed by atoms with Gasteiger partial charge in [-0.15, -0.1) is 10.2 Å². The predicted molar refractivity (Wildman–Crippen MR) is 105 cm³/mol. The zero-order chi connectivity index (χ0) is 18.0. The number of pyridine rings is 1. The maximum Gasteiger partial charge on any atom is 0.191 e. The molecule has 0 radical (unpaired) electrons. The number of benzene rings is 1. The van der Waals surface area contributed by atoms with Crippen molar-refractivity contribution in [3.05, 3.63) is 66.1 Å². The average Bonchev–Trinajstić information content (AvgIpc) is 3.09. The highest BCUT2D eigenvalue weighted by molar-refractivity contribution is 5.79. The van der Waals surface area contributed by atoms with Crippen molar-refractivity contribution in [1.82, 2.24) is 25.2 Å². The van der Waals surface area contributed by atoms with E-state index in [9.17, 15) is 0 Å². The molecule has 0 aliphatic rings. The Morgan fingerprint density at radius 2 is 1.85 bits per heavy atom. The molecule has 6 heteroatoms. The number of aromatic nitrogens is 3. The molecule has 6 nitrogen and oxygen atoms in total. The Morgan fingerprint density at radius 1 is 1.00 bits per heavy atom. The van der Waals surface area contributed by atoms with Crippen molar-refractivity contribution in [3.63, 3.8) is 0 Å². The van der Waals surface area contributed by atoms with Gasteiger partial charge in [-0.1, -0.05) is 36.4 Å². The highest BCUT2D eigenvalue weighted by atomic mass is 15.2. The predicted octanol–water partition coefficient (Wildman–Crippen LogP) is 2.46. The van der Waals surface area contributed by atoms with Gasteiger partial charge in [0, 0.05) is 32.3 Å². The third kappa shape index (κ3) is 5.05. The highest BCUT2D eigenvalue weighted by Gasteiger charge is 2.04. The second-order valence-corrected chi connectivity index (χ2v) is 6.07. The molecular weight excluding hydrogens is 324 g/mol. The average molecular weight is 350 g/mol. The lowest BCUT2D eigenvalue weighted by molar-refractivity contribution is 0.750. The van der Waals surface area contributed by atoms with Gasteiger partial charge in [0.2, 0.25) is 0 Å². The quantitative estimate of drug-likeness (QED) is 0.372. The van der Waals surface area contributed by atoms with Gasteiger partial charge in [-0.3, -0.25) is 9.39 Å². The molecule has 0 atom stereocenters. The summed E-state index contributed by atoms with van der Waals surface area (Å²) in [5.41, 5.74) is 2.22. The normalized spacial score (nSPS) is 11.7. The van der Waals surface area contributed by atoms with E-state index in [1.165, 1.54) is 5.56 Å². The Bertz CT molecular complexity index is 824. The first-order valence-corrected chi connectivity index (χ1v) is 9.21. The second kappa shape index (κ2) is 9.56. The fourth-order valence-corrected chi connectivity index (χ4v) is 2.80. The van der Waals surface area contributed by atoms with Crippen LogP contribution in [0.25, 0.3) is 5.65 Å². The van der Waals surface area contributed by atoms with Crippen LogP contribution in [0, 0.1) is 0 Å². The van der Waals surface area contributed by atoms with Crippen molar-refractivity contribution >= 4 is 11.6 Å². The molecule has 0 aliphatic carbocycles. The molecule has 3 rings (SSSR count). The van der Waals surface area contributed by atoms with Gasteiger partial charge in [-0.25, -0.2) is 0 Å². The van der Waals surface area contributed by atoms with Crippen LogP contribution in [-0.4, -0.2) is 40.2 Å². The van der Waals surface area contributed by atoms with E-state index < -0.39 is 0 Å². The fraction of sp³-hybridized carbons (Fsp3) is 0.350. The highest BCUT2D eigenvalue weighted by Crippen LogP contribution is 2.05. The molecule has 0 saturated heterocycles. The van der Waals surface area contributed by atoms with Gasteiger partial charge in [-0.05, 0) is 37.5 Å². The van der Waals surface area contributed by atoms with Crippen LogP contribution in [0.1, 0.15) is 24.7 Å². The molecule has 0 aliphatic heterocycles. The molecule has 0 spiro atoms. The molecule has 2 heterocycles. The first-order valence-electron chi connectivity index (χ1n) is 9.21. The lowest BCUT2D eigenvalue weighted by atomic mass is 10.1. The zero-order valence-electron chi connectivity index (χ0n) is 15.2. The van der Waals surface area contributed by atoms with Crippen LogP contribution in [0.2, 0.25) is 0 Å². The van der Waals surface area contributed by atoms with Crippen LogP contribution < -0.4 is 10.6 Å². The van der Waals surface area contributed by atoms with Crippen LogP contribution in [0.4, 0.5) is 0 Å². The number of guanidine groups is 1. The smallest absolute Gasteiger partial charge is 0.191 e. The van der Waals surface area contributed by atoms with Gasteiger partial charge in [0.1, 0.15) is 5.82 Å². The van der Waals surface area contributed by atoms with Gasteiger partial charge in [0.05, 0.1) is 0 Å². The molecule has 0 bridgehead atoms. The molecule has 2 aromatic heterocycles. The van der Waals surface area contributed by atoms with Gasteiger partial charge in [0.25, 0.3) is 0 Å². The lowest BCUT2D eigenvalue weighted by Gasteiger charge is -2.11. The van der Waals surface area contributed by atoms with Crippen LogP contribution in [-0.2, 0) is 12.8 Å². The number of aliphatic imine (C=N–C) groups is 1. The molecule has 0 saturated carbocycles. The van der Waals surface area contributed by atoms with Crippen molar-refractivity contribution < 1.29 is 0 Å². The summed E-state index contributed by atoms with van der Waals surface area (Å²) in [4.78, 5) is 4.66. The van der Waals surface area contributed by atoms with Gasteiger partial charge in [0.15, 0.2) is 11.6 Å². The van der Waals surface area contributed by atoms with Crippen LogP contribution in [0.3, 0.4) is 0 Å². The van der Waals surface area contributed by atoms with Crippen LogP contribution in [0.5, 0.6) is 0 Å². The van der Waals surface area contributed by atoms with E-state index in [1.807, 2.05) is 34.9 Å². The number of nitrogens with zero attached hydrogens (tertiary/aromatic N) is 4. The standard InChI is InChI=1S/C20H26N6/c1-2-21-20(23-15-13-17-9-4-3-5-10-17)22-14-8-12-19-25-24-18-11-6-7-16-26(18)19/h3-7,9-11,16H,2,8,12-15H2,1H3,(H2,21,22,23). The minimum Gasteiger partial charge on any atom is -0.357 e. The first-order chi connectivity index (χ1) is 12.9. The Kier molecular flexibility index (Phi) is 6.59. The number of aryl methyl sites for hydroxylation is 1. The van der Waals surface area contributed by atoms with Crippen molar-refractivity contribution in [2.24, 2.45) is 4.99 Å². The summed E-state index contributed by atoms with van der Waals surface area (Å²) in [7, 11) is 0. The molecule has 1 aromatic carbocycles. The van der Waals surface area contributed by atoms with E-state index in [0.29, 0.717) is 0 Å². The topological polar surface area (TPSA) is 66.6 Å². The summed E-state index contributed by atoms with van der Waals surface area (Å²) >= 11 is 0. The van der Waals surface area contributed by atoms with Crippen LogP contribution >= 0.6 is 0 Å². The maximum atomic E-state index is 4.66. The van der Waals surface area contributed by atoms with E-state index in [4.69, 9.17) is 0 Å².